The molecule has 0 fully saturated rings. The molecule has 0 heterocycles. The summed E-state index contributed by atoms with van der Waals surface area (Å²) in [5.41, 5.74) is 2.44. The molecule has 1 aromatic rings. The van der Waals surface area contributed by atoms with E-state index in [1.165, 1.54) is 0 Å². The van der Waals surface area contributed by atoms with Gasteiger partial charge in [-0.1, -0.05) is 30.3 Å². The predicted octanol–water partition coefficient (Wildman–Crippen LogP) is -3.38. The first-order valence-electron chi connectivity index (χ1n) is 8.15. The number of nitrogens with one attached hydrogen (secondary N) is 1. The molecule has 0 radical (unpaired) electrons. The van der Waals surface area contributed by atoms with Crippen LogP contribution in [-0.2, 0) is 25.5 Å². The summed E-state index contributed by atoms with van der Waals surface area (Å²) < 4.78 is 5.04. The second kappa shape index (κ2) is 10.6. The molecule has 148 valence electrons. The van der Waals surface area contributed by atoms with Gasteiger partial charge in [-0.15, -0.1) is 0 Å². The molecule has 4 N–H and O–H groups in total. The van der Waals surface area contributed by atoms with Crippen molar-refractivity contribution in [1.29, 1.82) is 0 Å². The van der Waals surface area contributed by atoms with Gasteiger partial charge in [-0.3, -0.25) is 9.59 Å². The van der Waals surface area contributed by atoms with Gasteiger partial charge in [0.2, 0.25) is 0 Å². The van der Waals surface area contributed by atoms with Gasteiger partial charge >= 0.3 is 41.6 Å². The molecule has 1 rings (SSSR count). The number of carboxylic acids is 2. The molecule has 9 nitrogen and oxygen atoms in total. The molecule has 0 spiro atoms. The number of ether oxygens (including phenoxy) is 1. The molecule has 0 aromatic heterocycles. The van der Waals surface area contributed by atoms with E-state index in [0.717, 1.165) is 0 Å². The number of alkyl carbamates (subject to hydrolysis) is 1. The van der Waals surface area contributed by atoms with E-state index in [1.807, 2.05) is 5.32 Å². The summed E-state index contributed by atoms with van der Waals surface area (Å²) in [7, 11) is 0. The van der Waals surface area contributed by atoms with Gasteiger partial charge in [0.25, 0.3) is 0 Å². The van der Waals surface area contributed by atoms with Crippen LogP contribution in [0, 0.1) is 0 Å². The normalized spacial score (nSPS) is 14.0. The van der Waals surface area contributed by atoms with Crippen molar-refractivity contribution in [3.63, 3.8) is 0 Å². The molecule has 1 aromatic carbocycles. The molecule has 1 amide bonds. The van der Waals surface area contributed by atoms with Crippen molar-refractivity contribution in [3.05, 3.63) is 35.9 Å². The van der Waals surface area contributed by atoms with Crippen LogP contribution in [0.4, 0.5) is 4.79 Å². The van der Waals surface area contributed by atoms with Crippen LogP contribution >= 0.6 is 0 Å². The standard InChI is InChI=1S/C18H24N2O7.Na/c1-17(2,3)27-16(26)20-18(15(24)25,10-11-7-5-4-6-8-11)14(23)12(19)9-13(21)22;/h4-8,12H,9-10,19H2,1-3H3,(H,20,26)(H,21,22)(H,24,25);/q;+1/p-1/t12-,18+;/m0./s1. The summed E-state index contributed by atoms with van der Waals surface area (Å²) in [6.07, 6.45) is -2.46. The Morgan fingerprint density at radius 2 is 1.71 bits per heavy atom. The van der Waals surface area contributed by atoms with Gasteiger partial charge < -0.3 is 30.8 Å². The number of rotatable bonds is 8. The number of nitrogens with two attached hydrogens (primary N) is 1. The Morgan fingerprint density at radius 3 is 2.14 bits per heavy atom. The van der Waals surface area contributed by atoms with Crippen LogP contribution in [0.25, 0.3) is 0 Å². The van der Waals surface area contributed by atoms with E-state index in [2.05, 4.69) is 0 Å². The number of hydrogen-bond donors (Lipinski definition) is 3. The third kappa shape index (κ3) is 7.59. The van der Waals surface area contributed by atoms with Crippen molar-refractivity contribution in [1.82, 2.24) is 5.32 Å². The number of hydrogen-bond acceptors (Lipinski definition) is 7. The van der Waals surface area contributed by atoms with Crippen LogP contribution in [0.3, 0.4) is 0 Å². The molecule has 0 saturated heterocycles. The second-order valence-corrected chi connectivity index (χ2v) is 7.05. The first-order chi connectivity index (χ1) is 12.4. The molecular formula is C18H23N2NaO7. The van der Waals surface area contributed by atoms with E-state index in [0.29, 0.717) is 5.56 Å². The van der Waals surface area contributed by atoms with Crippen molar-refractivity contribution >= 4 is 23.8 Å². The number of Topliss-reactive ketones (excluding diaryl/α,β-unsaturated/α-hetero) is 1. The average Bonchev–Trinajstić information content (AvgIpc) is 2.51. The third-order valence-electron chi connectivity index (χ3n) is 3.53. The summed E-state index contributed by atoms with van der Waals surface area (Å²) in [4.78, 5) is 47.8. The fourth-order valence-electron chi connectivity index (χ4n) is 2.39. The van der Waals surface area contributed by atoms with Crippen LogP contribution in [0.2, 0.25) is 0 Å². The van der Waals surface area contributed by atoms with Crippen molar-refractivity contribution in [2.45, 2.75) is 50.8 Å². The molecule has 2 atom stereocenters. The molecule has 0 aliphatic rings. The van der Waals surface area contributed by atoms with E-state index in [1.54, 1.807) is 51.1 Å². The smallest absolute Gasteiger partial charge is 0.547 e. The molecule has 28 heavy (non-hydrogen) atoms. The summed E-state index contributed by atoms with van der Waals surface area (Å²) in [5.74, 6) is -4.50. The van der Waals surface area contributed by atoms with Gasteiger partial charge in [-0.05, 0) is 26.3 Å². The van der Waals surface area contributed by atoms with Gasteiger partial charge in [0.1, 0.15) is 11.1 Å². The molecule has 0 saturated carbocycles. The number of carbonyl (C=O) groups excluding carboxylic acids is 3. The molecule has 0 bridgehead atoms. The first-order valence-corrected chi connectivity index (χ1v) is 8.15. The van der Waals surface area contributed by atoms with Crippen LogP contribution in [0.1, 0.15) is 32.8 Å². The number of amides is 1. The Balaban J connectivity index is 0.00000729. The minimum absolute atomic E-state index is 0. The molecule has 10 heteroatoms. The number of ketones is 1. The second-order valence-electron chi connectivity index (χ2n) is 7.05. The topological polar surface area (TPSA) is 159 Å². The minimum Gasteiger partial charge on any atom is -0.547 e. The first kappa shape index (κ1) is 26.1. The van der Waals surface area contributed by atoms with E-state index >= 15 is 0 Å². The molecule has 0 unspecified atom stereocenters. The zero-order valence-electron chi connectivity index (χ0n) is 16.4. The maximum absolute atomic E-state index is 12.8. The summed E-state index contributed by atoms with van der Waals surface area (Å²) in [6, 6.07) is 6.34. The average molecular weight is 402 g/mol. The number of carboxylic acid groups (broad SMARTS) is 2. The number of carbonyl (C=O) groups is 4. The van der Waals surface area contributed by atoms with Crippen LogP contribution < -0.4 is 45.7 Å². The van der Waals surface area contributed by atoms with E-state index in [-0.39, 0.29) is 29.6 Å². The van der Waals surface area contributed by atoms with Crippen LogP contribution in [-0.4, -0.2) is 46.1 Å². The third-order valence-corrected chi connectivity index (χ3v) is 3.53. The number of aliphatic carboxylic acids is 2. The summed E-state index contributed by atoms with van der Waals surface area (Å²) in [5, 5.41) is 22.9. The van der Waals surface area contributed by atoms with Crippen LogP contribution in [0.15, 0.2) is 30.3 Å². The predicted molar refractivity (Wildman–Crippen MR) is 92.5 cm³/mol. The Bertz CT molecular complexity index is 718. The van der Waals surface area contributed by atoms with Gasteiger partial charge in [-0.25, -0.2) is 4.79 Å². The van der Waals surface area contributed by atoms with Gasteiger partial charge in [0.05, 0.1) is 18.4 Å². The van der Waals surface area contributed by atoms with E-state index < -0.39 is 53.8 Å². The number of benzene rings is 1. The quantitative estimate of drug-likeness (QED) is 0.300. The van der Waals surface area contributed by atoms with Gasteiger partial charge in [0, 0.05) is 6.42 Å². The van der Waals surface area contributed by atoms with Crippen molar-refractivity contribution < 1.29 is 63.7 Å². The van der Waals surface area contributed by atoms with Crippen LogP contribution in [0.5, 0.6) is 0 Å². The van der Waals surface area contributed by atoms with Gasteiger partial charge in [0.15, 0.2) is 5.78 Å². The molecule has 0 aliphatic carbocycles. The Labute approximate surface area is 184 Å². The fourth-order valence-corrected chi connectivity index (χ4v) is 2.39. The van der Waals surface area contributed by atoms with Crippen molar-refractivity contribution in [2.24, 2.45) is 5.73 Å². The Kier molecular flexibility index (Phi) is 9.83. The van der Waals surface area contributed by atoms with Crippen molar-refractivity contribution in [3.8, 4) is 0 Å². The van der Waals surface area contributed by atoms with Crippen molar-refractivity contribution in [2.75, 3.05) is 0 Å². The van der Waals surface area contributed by atoms with E-state index in [4.69, 9.17) is 15.6 Å². The maximum atomic E-state index is 12.8. The maximum Gasteiger partial charge on any atom is 1.00 e. The summed E-state index contributed by atoms with van der Waals surface area (Å²) >= 11 is 0. The zero-order chi connectivity index (χ0) is 20.8. The Hall–Kier alpha value is -1.94. The van der Waals surface area contributed by atoms with Gasteiger partial charge in [-0.2, -0.15) is 0 Å². The summed E-state index contributed by atoms with van der Waals surface area (Å²) in [6.45, 7) is 4.67. The van der Waals surface area contributed by atoms with E-state index in [9.17, 15) is 24.3 Å². The SMILES string of the molecule is CC(C)(C)OC(=O)N[C@@](Cc1ccccc1)(C(=O)[O-])C(=O)[C@@H](N)CC(=O)O.[Na+]. The monoisotopic (exact) mass is 402 g/mol. The largest absolute Gasteiger partial charge is 1.00 e. The zero-order valence-corrected chi connectivity index (χ0v) is 18.4. The minimum atomic E-state index is -2.58. The fraction of sp³-hybridized carbons (Fsp3) is 0.444. The molecule has 0 aliphatic heterocycles. The Morgan fingerprint density at radius 1 is 1.18 bits per heavy atom. The molecular weight excluding hydrogens is 379 g/mol.